The summed E-state index contributed by atoms with van der Waals surface area (Å²) in [7, 11) is -4.06. The zero-order chi connectivity index (χ0) is 16.2. The molecule has 8 nitrogen and oxygen atoms in total. The number of esters is 1. The summed E-state index contributed by atoms with van der Waals surface area (Å²) in [5, 5.41) is 10.8. The number of hydrogen-bond donors (Lipinski definition) is 1. The molecule has 1 N–H and O–H groups in total. The van der Waals surface area contributed by atoms with Crippen LogP contribution in [0.3, 0.4) is 0 Å². The van der Waals surface area contributed by atoms with Gasteiger partial charge in [-0.25, -0.2) is 8.42 Å². The van der Waals surface area contributed by atoms with Gasteiger partial charge in [0.15, 0.2) is 0 Å². The highest BCUT2D eigenvalue weighted by Gasteiger charge is 2.27. The van der Waals surface area contributed by atoms with Gasteiger partial charge in [-0.05, 0) is 26.8 Å². The van der Waals surface area contributed by atoms with Crippen LogP contribution in [0, 0.1) is 17.0 Å². The minimum Gasteiger partial charge on any atom is -0.465 e. The van der Waals surface area contributed by atoms with Crippen LogP contribution in [0.5, 0.6) is 0 Å². The van der Waals surface area contributed by atoms with E-state index in [2.05, 4.69) is 4.72 Å². The Labute approximate surface area is 122 Å². The van der Waals surface area contributed by atoms with E-state index in [1.165, 1.54) is 32.0 Å². The van der Waals surface area contributed by atoms with Crippen LogP contribution in [-0.4, -0.2) is 32.0 Å². The lowest BCUT2D eigenvalue weighted by Crippen LogP contribution is -2.39. The first-order chi connectivity index (χ1) is 9.70. The largest absolute Gasteiger partial charge is 0.465 e. The third kappa shape index (κ3) is 3.99. The molecule has 0 amide bonds. The van der Waals surface area contributed by atoms with Gasteiger partial charge in [-0.15, -0.1) is 0 Å². The van der Waals surface area contributed by atoms with Crippen LogP contribution >= 0.6 is 0 Å². The highest BCUT2D eigenvalue weighted by Crippen LogP contribution is 2.24. The maximum Gasteiger partial charge on any atom is 0.323 e. The molecule has 0 aliphatic carbocycles. The van der Waals surface area contributed by atoms with Gasteiger partial charge in [-0.1, -0.05) is 6.07 Å². The van der Waals surface area contributed by atoms with Gasteiger partial charge < -0.3 is 4.74 Å². The number of nitrogens with one attached hydrogen (secondary N) is 1. The van der Waals surface area contributed by atoms with Gasteiger partial charge in [0.05, 0.1) is 16.4 Å². The number of carbonyl (C=O) groups is 1. The number of rotatable bonds is 6. The SMILES string of the molecule is CCOC(=O)C(C)NS(=O)(=O)c1cccc([N+](=O)[O-])c1C. The topological polar surface area (TPSA) is 116 Å². The third-order valence-corrected chi connectivity index (χ3v) is 4.40. The van der Waals surface area contributed by atoms with Crippen molar-refractivity contribution < 1.29 is 22.9 Å². The summed E-state index contributed by atoms with van der Waals surface area (Å²) in [6, 6.07) is 2.63. The van der Waals surface area contributed by atoms with E-state index in [9.17, 15) is 23.3 Å². The van der Waals surface area contributed by atoms with E-state index < -0.39 is 27.0 Å². The molecule has 1 atom stereocenters. The Kier molecular flexibility index (Phi) is 5.39. The molecule has 0 saturated heterocycles. The minimum absolute atomic E-state index is 0.00561. The number of carbonyl (C=O) groups excluding carboxylic acids is 1. The highest BCUT2D eigenvalue weighted by atomic mass is 32.2. The number of ether oxygens (including phenoxy) is 1. The second kappa shape index (κ2) is 6.64. The summed E-state index contributed by atoms with van der Waals surface area (Å²) >= 11 is 0. The Bertz CT molecular complexity index is 656. The van der Waals surface area contributed by atoms with Crippen LogP contribution in [0.25, 0.3) is 0 Å². The number of nitro benzene ring substituents is 1. The summed E-state index contributed by atoms with van der Waals surface area (Å²) in [6.07, 6.45) is 0. The molecule has 9 heteroatoms. The van der Waals surface area contributed by atoms with Crippen molar-refractivity contribution in [3.63, 3.8) is 0 Å². The van der Waals surface area contributed by atoms with Crippen LogP contribution in [0.15, 0.2) is 23.1 Å². The van der Waals surface area contributed by atoms with Crippen molar-refractivity contribution in [3.05, 3.63) is 33.9 Å². The number of hydrogen-bond acceptors (Lipinski definition) is 6. The molecule has 0 aliphatic rings. The third-order valence-electron chi connectivity index (χ3n) is 2.71. The molecule has 1 rings (SSSR count). The zero-order valence-electron chi connectivity index (χ0n) is 11.8. The number of nitro groups is 1. The fraction of sp³-hybridized carbons (Fsp3) is 0.417. The van der Waals surface area contributed by atoms with Gasteiger partial charge in [0, 0.05) is 11.6 Å². The maximum atomic E-state index is 12.2. The second-order valence-electron chi connectivity index (χ2n) is 4.25. The molecule has 0 aliphatic heterocycles. The summed E-state index contributed by atoms with van der Waals surface area (Å²) in [5.41, 5.74) is -0.298. The lowest BCUT2D eigenvalue weighted by Gasteiger charge is -2.14. The number of sulfonamides is 1. The monoisotopic (exact) mass is 316 g/mol. The standard InChI is InChI=1S/C12H16N2O6S/c1-4-20-12(15)9(3)13-21(18,19)11-7-5-6-10(8(11)2)14(16)17/h5-7,9,13H,4H2,1-3H3. The lowest BCUT2D eigenvalue weighted by molar-refractivity contribution is -0.385. The van der Waals surface area contributed by atoms with E-state index in [0.717, 1.165) is 0 Å². The molecule has 0 bridgehead atoms. The lowest BCUT2D eigenvalue weighted by atomic mass is 10.2. The summed E-state index contributed by atoms with van der Waals surface area (Å²) in [4.78, 5) is 21.4. The van der Waals surface area contributed by atoms with Crippen LogP contribution in [0.1, 0.15) is 19.4 Å². The predicted molar refractivity (Wildman–Crippen MR) is 74.2 cm³/mol. The molecule has 0 aromatic heterocycles. The van der Waals surface area contributed by atoms with Crippen LogP contribution in [-0.2, 0) is 19.6 Å². The summed E-state index contributed by atoms with van der Waals surface area (Å²) < 4.78 is 31.3. The van der Waals surface area contributed by atoms with Crippen molar-refractivity contribution in [2.24, 2.45) is 0 Å². The van der Waals surface area contributed by atoms with Gasteiger partial charge in [-0.3, -0.25) is 14.9 Å². The van der Waals surface area contributed by atoms with Crippen LogP contribution in [0.4, 0.5) is 5.69 Å². The van der Waals surface area contributed by atoms with Crippen LogP contribution < -0.4 is 4.72 Å². The molecule has 21 heavy (non-hydrogen) atoms. The molecule has 0 heterocycles. The van der Waals surface area contributed by atoms with Crippen LogP contribution in [0.2, 0.25) is 0 Å². The highest BCUT2D eigenvalue weighted by molar-refractivity contribution is 7.89. The van der Waals surface area contributed by atoms with Crippen molar-refractivity contribution in [2.45, 2.75) is 31.7 Å². The Morgan fingerprint density at radius 3 is 2.62 bits per heavy atom. The normalized spacial score (nSPS) is 12.7. The average molecular weight is 316 g/mol. The van der Waals surface area contributed by atoms with Crippen molar-refractivity contribution in [1.82, 2.24) is 4.72 Å². The smallest absolute Gasteiger partial charge is 0.323 e. The average Bonchev–Trinajstić information content (AvgIpc) is 2.38. The Balaban J connectivity index is 3.12. The van der Waals surface area contributed by atoms with Gasteiger partial charge in [0.2, 0.25) is 10.0 Å². The Morgan fingerprint density at radius 2 is 2.10 bits per heavy atom. The van der Waals surface area contributed by atoms with E-state index in [1.807, 2.05) is 0 Å². The quantitative estimate of drug-likeness (QED) is 0.478. The number of benzene rings is 1. The Hall–Kier alpha value is -2.00. The molecule has 0 saturated carbocycles. The maximum absolute atomic E-state index is 12.2. The van der Waals surface area contributed by atoms with E-state index in [-0.39, 0.29) is 22.8 Å². The first-order valence-electron chi connectivity index (χ1n) is 6.13. The van der Waals surface area contributed by atoms with Gasteiger partial charge >= 0.3 is 5.97 Å². The summed E-state index contributed by atoms with van der Waals surface area (Å²) in [6.45, 7) is 4.40. The molecular weight excluding hydrogens is 300 g/mol. The van der Waals surface area contributed by atoms with Crippen molar-refractivity contribution in [3.8, 4) is 0 Å². The summed E-state index contributed by atoms with van der Waals surface area (Å²) in [5.74, 6) is -0.718. The fourth-order valence-electron chi connectivity index (χ4n) is 1.70. The van der Waals surface area contributed by atoms with E-state index in [4.69, 9.17) is 4.74 Å². The Morgan fingerprint density at radius 1 is 1.48 bits per heavy atom. The van der Waals surface area contributed by atoms with E-state index in [0.29, 0.717) is 0 Å². The molecular formula is C12H16N2O6S. The molecule has 0 spiro atoms. The minimum atomic E-state index is -4.06. The predicted octanol–water partition coefficient (Wildman–Crippen LogP) is 1.13. The molecule has 0 radical (unpaired) electrons. The molecule has 1 aromatic rings. The second-order valence-corrected chi connectivity index (χ2v) is 5.93. The fourth-order valence-corrected chi connectivity index (χ4v) is 3.16. The van der Waals surface area contributed by atoms with Gasteiger partial charge in [-0.2, -0.15) is 4.72 Å². The van der Waals surface area contributed by atoms with Gasteiger partial charge in [0.1, 0.15) is 6.04 Å². The first kappa shape index (κ1) is 17.1. The van der Waals surface area contributed by atoms with E-state index in [1.54, 1.807) is 6.92 Å². The number of nitrogens with zero attached hydrogens (tertiary/aromatic N) is 1. The van der Waals surface area contributed by atoms with Crippen molar-refractivity contribution >= 4 is 21.7 Å². The van der Waals surface area contributed by atoms with Crippen molar-refractivity contribution in [2.75, 3.05) is 6.61 Å². The molecule has 116 valence electrons. The van der Waals surface area contributed by atoms with Crippen molar-refractivity contribution in [1.29, 1.82) is 0 Å². The zero-order valence-corrected chi connectivity index (χ0v) is 12.6. The molecule has 0 fully saturated rings. The first-order valence-corrected chi connectivity index (χ1v) is 7.62. The molecule has 1 aromatic carbocycles. The van der Waals surface area contributed by atoms with Gasteiger partial charge in [0.25, 0.3) is 5.69 Å². The molecule has 1 unspecified atom stereocenters. The van der Waals surface area contributed by atoms with E-state index >= 15 is 0 Å².